The van der Waals surface area contributed by atoms with E-state index >= 15 is 0 Å². The summed E-state index contributed by atoms with van der Waals surface area (Å²) in [6.07, 6.45) is -6.04. The van der Waals surface area contributed by atoms with Gasteiger partial charge >= 0.3 is 24.1 Å². The Bertz CT molecular complexity index is 1450. The smallest absolute Gasteiger partial charge is 0.439 e. The van der Waals surface area contributed by atoms with E-state index in [9.17, 15) is 51.0 Å². The van der Waals surface area contributed by atoms with Gasteiger partial charge in [0.25, 0.3) is 5.91 Å². The molecule has 5 N–H and O–H groups in total. The molecule has 1 aliphatic carbocycles. The van der Waals surface area contributed by atoms with Crippen molar-refractivity contribution >= 4 is 29.5 Å². The van der Waals surface area contributed by atoms with Gasteiger partial charge in [-0.15, -0.1) is 0 Å². The molecule has 0 aromatic rings. The van der Waals surface area contributed by atoms with Crippen LogP contribution in [0.3, 0.4) is 0 Å². The molecule has 0 fully saturated rings. The molecule has 12 nitrogen and oxygen atoms in total. The number of aliphatic hydroxyl groups is 1. The first-order valence-electron chi connectivity index (χ1n) is 14.5. The highest BCUT2D eigenvalue weighted by molar-refractivity contribution is 6.24. The zero-order valence-corrected chi connectivity index (χ0v) is 26.9. The van der Waals surface area contributed by atoms with E-state index in [1.165, 1.54) is 51.6 Å². The van der Waals surface area contributed by atoms with Gasteiger partial charge in [-0.3, -0.25) is 19.2 Å². The van der Waals surface area contributed by atoms with Gasteiger partial charge < -0.3 is 35.7 Å². The molecule has 0 spiro atoms. The zero-order valence-electron chi connectivity index (χ0n) is 26.9. The second-order valence-electron chi connectivity index (χ2n) is 11.5. The van der Waals surface area contributed by atoms with Crippen molar-refractivity contribution in [3.05, 3.63) is 58.5 Å². The highest BCUT2D eigenvalue weighted by Crippen LogP contribution is 2.36. The van der Waals surface area contributed by atoms with Crippen LogP contribution in [0.1, 0.15) is 40.5 Å². The second kappa shape index (κ2) is 16.3. The number of rotatable bonds is 5. The minimum atomic E-state index is -6.30. The van der Waals surface area contributed by atoms with E-state index in [4.69, 9.17) is 19.9 Å². The number of nitrogens with one attached hydrogen (secondary N) is 2. The summed E-state index contributed by atoms with van der Waals surface area (Å²) >= 11 is 0. The molecule has 0 aromatic heterocycles. The van der Waals surface area contributed by atoms with Gasteiger partial charge in [-0.2, -0.15) is 22.0 Å². The monoisotopic (exact) mass is 691 g/mol. The van der Waals surface area contributed by atoms with Crippen LogP contribution in [0.25, 0.3) is 0 Å². The van der Waals surface area contributed by atoms with Gasteiger partial charge in [-0.25, -0.2) is 4.79 Å². The minimum Gasteiger partial charge on any atom is -0.439 e. The van der Waals surface area contributed by atoms with Gasteiger partial charge in [0, 0.05) is 37.4 Å². The minimum absolute atomic E-state index is 0.0256. The summed E-state index contributed by atoms with van der Waals surface area (Å²) in [4.78, 5) is 63.2. The fourth-order valence-electron chi connectivity index (χ4n) is 5.04. The normalized spacial score (nSPS) is 29.9. The number of ether oxygens (including phenoxy) is 3. The molecule has 2 aliphatic rings. The molecule has 2 rings (SSSR count). The summed E-state index contributed by atoms with van der Waals surface area (Å²) in [5.41, 5.74) is 3.26. The number of hydrogen-bond donors (Lipinski definition) is 4. The Morgan fingerprint density at radius 2 is 1.69 bits per heavy atom. The Kier molecular flexibility index (Phi) is 13.5. The number of aliphatic hydroxyl groups excluding tert-OH is 1. The van der Waals surface area contributed by atoms with Crippen LogP contribution in [-0.2, 0) is 33.4 Å². The molecule has 17 heteroatoms. The van der Waals surface area contributed by atoms with Crippen molar-refractivity contribution in [2.45, 2.75) is 77.1 Å². The number of carbonyl (C=O) groups excluding carboxylic acids is 5. The van der Waals surface area contributed by atoms with Gasteiger partial charge in [0.2, 0.25) is 11.6 Å². The number of carbonyl (C=O) groups is 5. The predicted octanol–water partition coefficient (Wildman–Crippen LogP) is 3.08. The van der Waals surface area contributed by atoms with Crippen molar-refractivity contribution < 1.29 is 65.2 Å². The maximum Gasteiger partial charge on any atom is 0.463 e. The molecule has 48 heavy (non-hydrogen) atoms. The average molecular weight is 692 g/mol. The third-order valence-corrected chi connectivity index (χ3v) is 7.67. The summed E-state index contributed by atoms with van der Waals surface area (Å²) in [6.45, 7) is 6.06. The van der Waals surface area contributed by atoms with E-state index in [2.05, 4.69) is 5.32 Å². The van der Waals surface area contributed by atoms with E-state index in [0.717, 1.165) is 0 Å². The lowest BCUT2D eigenvalue weighted by Crippen LogP contribution is -2.51. The van der Waals surface area contributed by atoms with Crippen molar-refractivity contribution in [2.24, 2.45) is 17.6 Å². The molecule has 2 bridgehead atoms. The number of methoxy groups -OCH3 is 2. The number of nitrogens with two attached hydrogens (primary N) is 1. The molecule has 0 radical (unpaired) electrons. The van der Waals surface area contributed by atoms with Crippen molar-refractivity contribution in [2.75, 3.05) is 14.2 Å². The largest absolute Gasteiger partial charge is 0.463 e. The van der Waals surface area contributed by atoms with E-state index < -0.39 is 101 Å². The van der Waals surface area contributed by atoms with Crippen LogP contribution in [0.2, 0.25) is 0 Å². The molecular formula is C31H38F5N3O9. The molecule has 266 valence electrons. The Hall–Kier alpha value is -4.22. The van der Waals surface area contributed by atoms with Crippen LogP contribution in [-0.4, -0.2) is 85.3 Å². The lowest BCUT2D eigenvalue weighted by molar-refractivity contribution is -0.269. The summed E-state index contributed by atoms with van der Waals surface area (Å²) in [6, 6.07) is 0. The fraction of sp³-hybridized carbons (Fsp3) is 0.516. The third-order valence-electron chi connectivity index (χ3n) is 7.67. The van der Waals surface area contributed by atoms with Crippen molar-refractivity contribution in [3.8, 4) is 0 Å². The summed E-state index contributed by atoms with van der Waals surface area (Å²) in [5.74, 6) is -13.6. The average Bonchev–Trinajstić information content (AvgIpc) is 2.99. The summed E-state index contributed by atoms with van der Waals surface area (Å²) < 4.78 is 82.5. The molecule has 3 amide bonds. The van der Waals surface area contributed by atoms with Crippen molar-refractivity contribution in [3.63, 3.8) is 0 Å². The van der Waals surface area contributed by atoms with E-state index in [0.29, 0.717) is 11.6 Å². The first kappa shape index (κ1) is 40.0. The van der Waals surface area contributed by atoms with E-state index in [-0.39, 0.29) is 12.0 Å². The lowest BCUT2D eigenvalue weighted by Gasteiger charge is -2.30. The number of primary amides is 1. The number of Topliss-reactive ketones (excluding diaryl/α,β-unsaturated/α-hetero) is 1. The standard InChI is InChI=1S/C31H38F5N3O9/c1-14-10-18-23(39-28(44)30(32,33)31(34,35)36)20(40)13-19(25(18)42)38-27(43)15(2)8-7-9-21(46-5)26(48-29(37)45)17(4)12-16(3)24(41)22(11-14)47-6/h7-9,12-14,16,21-22,24,26,41H,10-11H2,1-6H3,(H2,37,45)(H,38,43)(H,39,44)/b9-7+,15-8-,17-12+/t14-,16+,21+,22+,24-,26+/m1/s1. The topological polar surface area (TPSA) is 183 Å². The van der Waals surface area contributed by atoms with E-state index in [1.54, 1.807) is 19.9 Å². The zero-order chi connectivity index (χ0) is 36.7. The van der Waals surface area contributed by atoms with Crippen LogP contribution < -0.4 is 16.4 Å². The number of ketones is 2. The Balaban J connectivity index is 2.69. The van der Waals surface area contributed by atoms with Crippen LogP contribution >= 0.6 is 0 Å². The predicted molar refractivity (Wildman–Crippen MR) is 159 cm³/mol. The number of allylic oxidation sites excluding steroid dienone is 4. The van der Waals surface area contributed by atoms with Crippen molar-refractivity contribution in [1.29, 1.82) is 0 Å². The highest BCUT2D eigenvalue weighted by atomic mass is 19.4. The van der Waals surface area contributed by atoms with Gasteiger partial charge in [-0.05, 0) is 38.2 Å². The first-order valence-corrected chi connectivity index (χ1v) is 14.5. The molecule has 0 saturated carbocycles. The number of hydrogen-bond acceptors (Lipinski definition) is 9. The Morgan fingerprint density at radius 3 is 2.23 bits per heavy atom. The third kappa shape index (κ3) is 9.67. The first-order chi connectivity index (χ1) is 22.2. The molecule has 0 unspecified atom stereocenters. The van der Waals surface area contributed by atoms with Crippen molar-refractivity contribution in [1.82, 2.24) is 10.6 Å². The Morgan fingerprint density at radius 1 is 1.06 bits per heavy atom. The quantitative estimate of drug-likeness (QED) is 0.191. The van der Waals surface area contributed by atoms with Crippen LogP contribution in [0, 0.1) is 11.8 Å². The van der Waals surface area contributed by atoms with Gasteiger partial charge in [0.15, 0.2) is 6.10 Å². The van der Waals surface area contributed by atoms with Crippen LogP contribution in [0.15, 0.2) is 58.5 Å². The maximum absolute atomic E-state index is 13.8. The fourth-order valence-corrected chi connectivity index (χ4v) is 5.04. The number of halogens is 5. The molecule has 1 aliphatic heterocycles. The van der Waals surface area contributed by atoms with Gasteiger partial charge in [0.1, 0.15) is 6.10 Å². The maximum atomic E-state index is 13.8. The van der Waals surface area contributed by atoms with Crippen LogP contribution in [0.5, 0.6) is 0 Å². The SMILES string of the molecule is CO[C@H]1/C=C/C=C(/C)C(=O)NC2=CC(=O)C(NC(=O)C(F)(F)C(F)(F)F)=C(C[C@@H](C)C[C@H](OC)[C@H](O)[C@@H](C)/C=C(\C)[C@@H]1OC(N)=O)C2=O. The molecular weight excluding hydrogens is 653 g/mol. The second-order valence-corrected chi connectivity index (χ2v) is 11.5. The lowest BCUT2D eigenvalue weighted by atomic mass is 9.85. The number of fused-ring (bicyclic) bond motifs is 2. The van der Waals surface area contributed by atoms with E-state index in [1.807, 2.05) is 0 Å². The van der Waals surface area contributed by atoms with Crippen LogP contribution in [0.4, 0.5) is 26.7 Å². The summed E-state index contributed by atoms with van der Waals surface area (Å²) in [7, 11) is 2.60. The highest BCUT2D eigenvalue weighted by Gasteiger charge is 2.63. The molecule has 0 saturated heterocycles. The molecule has 1 heterocycles. The number of amides is 3. The molecule has 6 atom stereocenters. The summed E-state index contributed by atoms with van der Waals surface area (Å²) in [5, 5.41) is 14.7. The van der Waals surface area contributed by atoms with Gasteiger partial charge in [-0.1, -0.05) is 38.2 Å². The molecule has 0 aromatic carbocycles. The Labute approximate surface area is 272 Å². The van der Waals surface area contributed by atoms with Gasteiger partial charge in [0.05, 0.1) is 23.6 Å². The number of alkyl halides is 5.